The van der Waals surface area contributed by atoms with Crippen LogP contribution in [0.1, 0.15) is 33.4 Å². The van der Waals surface area contributed by atoms with E-state index < -0.39 is 0 Å². The van der Waals surface area contributed by atoms with Crippen molar-refractivity contribution in [2.24, 2.45) is 0 Å². The summed E-state index contributed by atoms with van der Waals surface area (Å²) in [6, 6.07) is 61.6. The van der Waals surface area contributed by atoms with E-state index in [4.69, 9.17) is 0 Å². The second-order valence-electron chi connectivity index (χ2n) is 20.4. The number of benzene rings is 16. The van der Waals surface area contributed by atoms with Gasteiger partial charge in [-0.25, -0.2) is 0 Å². The molecule has 68 heavy (non-hydrogen) atoms. The Morgan fingerprint density at radius 1 is 0.221 bits per heavy atom. The molecule has 0 radical (unpaired) electrons. The van der Waals surface area contributed by atoms with Gasteiger partial charge in [0.05, 0.1) is 0 Å². The van der Waals surface area contributed by atoms with Gasteiger partial charge in [0.15, 0.2) is 0 Å². The first kappa shape index (κ1) is 37.1. The molecule has 0 saturated carbocycles. The van der Waals surface area contributed by atoms with Crippen LogP contribution >= 0.6 is 0 Å². The van der Waals surface area contributed by atoms with Crippen LogP contribution in [0.15, 0.2) is 158 Å². The van der Waals surface area contributed by atoms with Crippen molar-refractivity contribution in [2.45, 2.75) is 41.5 Å². The molecule has 0 nitrogen and oxygen atoms in total. The van der Waals surface area contributed by atoms with E-state index in [1.54, 1.807) is 0 Å². The third-order valence-corrected chi connectivity index (χ3v) is 17.3. The Labute approximate surface area is 393 Å². The first-order valence-electron chi connectivity index (χ1n) is 24.3. The minimum absolute atomic E-state index is 1.26. The maximum atomic E-state index is 2.49. The average molecular weight is 861 g/mol. The van der Waals surface area contributed by atoms with Gasteiger partial charge >= 0.3 is 0 Å². The fourth-order valence-corrected chi connectivity index (χ4v) is 13.9. The van der Waals surface area contributed by atoms with Crippen LogP contribution in [0.3, 0.4) is 0 Å². The third-order valence-electron chi connectivity index (χ3n) is 17.3. The zero-order valence-corrected chi connectivity index (χ0v) is 39.0. The van der Waals surface area contributed by atoms with E-state index in [1.165, 1.54) is 196 Å². The standard InChI is InChI=1S/C68H44/c1-33-29-43(30-34(2)37(33)5)45-25-27-49-53(39-13-9-7-10-14-39)47-21-18-42-20-24-52-58-46(44-31-35(3)38(6)36(4)32-44)26-28-50-54(40-15-11-8-12-16-40)48-22-17-41-19-23-51-57(45)63(49)65-59(47)56(42)62(52)68-66(64(50)58)60(48)55(41)61(51)67(65)68/h7-32H,1-6H3. The van der Waals surface area contributed by atoms with E-state index in [1.807, 2.05) is 0 Å². The van der Waals surface area contributed by atoms with Gasteiger partial charge in [-0.3, -0.25) is 0 Å². The van der Waals surface area contributed by atoms with Gasteiger partial charge in [0.25, 0.3) is 0 Å². The smallest absolute Gasteiger partial charge is 0.0000246 e. The van der Waals surface area contributed by atoms with E-state index in [9.17, 15) is 0 Å². The fraction of sp³-hybridized carbons (Fsp3) is 0.0882. The van der Waals surface area contributed by atoms with Crippen molar-refractivity contribution in [2.75, 3.05) is 0 Å². The number of hydrogen-bond acceptors (Lipinski definition) is 0. The van der Waals surface area contributed by atoms with E-state index in [-0.39, 0.29) is 0 Å². The molecule has 0 aliphatic heterocycles. The van der Waals surface area contributed by atoms with Crippen LogP contribution in [0.25, 0.3) is 163 Å². The summed E-state index contributed by atoms with van der Waals surface area (Å²) < 4.78 is 0. The highest BCUT2D eigenvalue weighted by molar-refractivity contribution is 6.60. The second kappa shape index (κ2) is 12.5. The summed E-state index contributed by atoms with van der Waals surface area (Å²) in [5, 5.41) is 30.2. The second-order valence-corrected chi connectivity index (χ2v) is 20.4. The Balaban J connectivity index is 1.27. The van der Waals surface area contributed by atoms with Gasteiger partial charge in [-0.1, -0.05) is 158 Å². The molecule has 16 rings (SSSR count). The van der Waals surface area contributed by atoms with Crippen LogP contribution in [0, 0.1) is 41.5 Å². The summed E-state index contributed by atoms with van der Waals surface area (Å²) in [5.74, 6) is 0. The van der Waals surface area contributed by atoms with Gasteiger partial charge in [-0.15, -0.1) is 0 Å². The molecule has 0 N–H and O–H groups in total. The van der Waals surface area contributed by atoms with Crippen LogP contribution in [0.2, 0.25) is 0 Å². The molecule has 316 valence electrons. The normalized spacial score (nSPS) is 12.9. The monoisotopic (exact) mass is 860 g/mol. The summed E-state index contributed by atoms with van der Waals surface area (Å²) in [6.45, 7) is 13.7. The van der Waals surface area contributed by atoms with Crippen molar-refractivity contribution >= 4 is 118 Å². The topological polar surface area (TPSA) is 0 Å². The molecule has 0 aliphatic carbocycles. The van der Waals surface area contributed by atoms with E-state index in [0.29, 0.717) is 0 Å². The first-order chi connectivity index (χ1) is 33.3. The highest BCUT2D eigenvalue weighted by Gasteiger charge is 2.33. The Kier molecular flexibility index (Phi) is 6.80. The van der Waals surface area contributed by atoms with Crippen LogP contribution in [0.5, 0.6) is 0 Å². The molecule has 0 aliphatic rings. The SMILES string of the molecule is Cc1cc(-c2ccc3c(-c4ccccc4)c4ccc5ccc6c7c(-c8cc(C)c(C)c(C)c8)ccc8c(-c9ccccc9)c9ccc%10ccc%11c2c3c2c4c5c6c3c(c87)c9c%10c%11c23)cc(C)c1C. The summed E-state index contributed by atoms with van der Waals surface area (Å²) in [4.78, 5) is 0. The van der Waals surface area contributed by atoms with Gasteiger partial charge < -0.3 is 0 Å². The van der Waals surface area contributed by atoms with Gasteiger partial charge in [0, 0.05) is 0 Å². The van der Waals surface area contributed by atoms with Crippen LogP contribution in [-0.2, 0) is 0 Å². The molecule has 0 spiro atoms. The highest BCUT2D eigenvalue weighted by atomic mass is 14.4. The first-order valence-corrected chi connectivity index (χ1v) is 24.3. The highest BCUT2D eigenvalue weighted by Crippen LogP contribution is 2.62. The Bertz CT molecular complexity index is 4440. The lowest BCUT2D eigenvalue weighted by Crippen LogP contribution is -2.02. The Morgan fingerprint density at radius 2 is 0.515 bits per heavy atom. The predicted molar refractivity (Wildman–Crippen MR) is 296 cm³/mol. The lowest BCUT2D eigenvalue weighted by atomic mass is 9.72. The molecular formula is C68H44. The molecule has 0 atom stereocenters. The largest absolute Gasteiger partial charge is 0.0622 e. The van der Waals surface area contributed by atoms with Crippen molar-refractivity contribution in [1.82, 2.24) is 0 Å². The van der Waals surface area contributed by atoms with Crippen LogP contribution in [0.4, 0.5) is 0 Å². The maximum Gasteiger partial charge on any atom is -0.0000246 e. The number of hydrogen-bond donors (Lipinski definition) is 0. The van der Waals surface area contributed by atoms with Crippen molar-refractivity contribution in [1.29, 1.82) is 0 Å². The summed E-state index contributed by atoms with van der Waals surface area (Å²) in [7, 11) is 0. The summed E-state index contributed by atoms with van der Waals surface area (Å²) in [5.41, 5.74) is 18.5. The minimum atomic E-state index is 1.26. The zero-order valence-electron chi connectivity index (χ0n) is 39.0. The molecule has 0 heterocycles. The van der Waals surface area contributed by atoms with Crippen molar-refractivity contribution in [3.8, 4) is 44.5 Å². The molecule has 0 fully saturated rings. The maximum absolute atomic E-state index is 2.49. The molecule has 0 heteroatoms. The van der Waals surface area contributed by atoms with Gasteiger partial charge in [-0.2, -0.15) is 0 Å². The van der Waals surface area contributed by atoms with Gasteiger partial charge in [0.2, 0.25) is 0 Å². The molecule has 16 aromatic rings. The van der Waals surface area contributed by atoms with Crippen LogP contribution in [-0.4, -0.2) is 0 Å². The molecule has 0 bridgehead atoms. The van der Waals surface area contributed by atoms with Crippen molar-refractivity contribution in [3.05, 3.63) is 191 Å². The summed E-state index contributed by atoms with van der Waals surface area (Å²) in [6.07, 6.45) is 0. The number of aryl methyl sites for hydroxylation is 4. The Hall–Kier alpha value is -8.06. The molecule has 0 unspecified atom stereocenters. The lowest BCUT2D eigenvalue weighted by molar-refractivity contribution is 1.27. The summed E-state index contributed by atoms with van der Waals surface area (Å²) >= 11 is 0. The van der Waals surface area contributed by atoms with Gasteiger partial charge in [-0.05, 0) is 238 Å². The lowest BCUT2D eigenvalue weighted by Gasteiger charge is -2.30. The quantitative estimate of drug-likeness (QED) is 0.122. The predicted octanol–water partition coefficient (Wildman–Crippen LogP) is 19.5. The average Bonchev–Trinajstić information content (AvgIpc) is 3.37. The molecular weight excluding hydrogens is 817 g/mol. The number of rotatable bonds is 4. The molecule has 0 saturated heterocycles. The third kappa shape index (κ3) is 4.26. The van der Waals surface area contributed by atoms with Crippen molar-refractivity contribution < 1.29 is 0 Å². The van der Waals surface area contributed by atoms with Crippen molar-refractivity contribution in [3.63, 3.8) is 0 Å². The molecule has 0 amide bonds. The molecule has 0 aromatic heterocycles. The molecule has 16 aromatic carbocycles. The van der Waals surface area contributed by atoms with E-state index in [2.05, 4.69) is 199 Å². The van der Waals surface area contributed by atoms with Gasteiger partial charge in [0.1, 0.15) is 0 Å². The fourth-order valence-electron chi connectivity index (χ4n) is 13.9. The minimum Gasteiger partial charge on any atom is -0.0622 e. The van der Waals surface area contributed by atoms with E-state index >= 15 is 0 Å². The van der Waals surface area contributed by atoms with Crippen LogP contribution < -0.4 is 0 Å². The number of fused-ring (bicyclic) bond motifs is 2. The Morgan fingerprint density at radius 3 is 0.882 bits per heavy atom. The zero-order chi connectivity index (χ0) is 45.2. The van der Waals surface area contributed by atoms with E-state index in [0.717, 1.165) is 0 Å².